The van der Waals surface area contributed by atoms with E-state index in [0.717, 1.165) is 21.2 Å². The van der Waals surface area contributed by atoms with Crippen molar-refractivity contribution in [1.82, 2.24) is 0 Å². The molecule has 0 aliphatic rings. The van der Waals surface area contributed by atoms with Crippen LogP contribution in [0.25, 0.3) is 10.4 Å². The number of halogens is 1. The van der Waals surface area contributed by atoms with Crippen LogP contribution in [0.4, 0.5) is 0 Å². The lowest BCUT2D eigenvalue weighted by Gasteiger charge is -2.12. The lowest BCUT2D eigenvalue weighted by Crippen LogP contribution is -2.01. The second-order valence-electron chi connectivity index (χ2n) is 3.37. The highest BCUT2D eigenvalue weighted by Gasteiger charge is 2.10. The summed E-state index contributed by atoms with van der Waals surface area (Å²) in [7, 11) is 0. The lowest BCUT2D eigenvalue weighted by molar-refractivity contribution is 0.268. The molecule has 1 rings (SSSR count). The summed E-state index contributed by atoms with van der Waals surface area (Å²) in [4.78, 5) is 2.72. The number of benzene rings is 1. The fourth-order valence-corrected chi connectivity index (χ4v) is 1.67. The Hall–Kier alpha value is -1.03. The molecule has 1 atom stereocenters. The van der Waals surface area contributed by atoms with Crippen molar-refractivity contribution in [3.63, 3.8) is 0 Å². The number of hydrogen-bond acceptors (Lipinski definition) is 2. The zero-order valence-corrected chi connectivity index (χ0v) is 10.2. The third-order valence-corrected chi connectivity index (χ3v) is 3.46. The van der Waals surface area contributed by atoms with E-state index in [0.29, 0.717) is 0 Å². The minimum absolute atomic E-state index is 0.176. The Balaban J connectivity index is 3.19. The van der Waals surface area contributed by atoms with Crippen molar-refractivity contribution in [3.05, 3.63) is 43.7 Å². The number of aliphatic hydroxyl groups is 1. The summed E-state index contributed by atoms with van der Waals surface area (Å²) >= 11 is 3.46. The van der Waals surface area contributed by atoms with Crippen molar-refractivity contribution < 1.29 is 5.11 Å². The zero-order chi connectivity index (χ0) is 11.4. The number of aliphatic hydroxyl groups excluding tert-OH is 1. The topological polar surface area (TPSA) is 69.0 Å². The quantitative estimate of drug-likeness (QED) is 0.510. The first-order valence-corrected chi connectivity index (χ1v) is 5.31. The number of aryl methyl sites for hydroxylation is 2. The number of hydrogen-bond donors (Lipinski definition) is 1. The summed E-state index contributed by atoms with van der Waals surface area (Å²) in [5.41, 5.74) is 11.3. The largest absolute Gasteiger partial charge is 0.396 e. The fourth-order valence-electron chi connectivity index (χ4n) is 1.44. The predicted molar refractivity (Wildman–Crippen MR) is 62.6 cm³/mol. The third kappa shape index (κ3) is 2.72. The van der Waals surface area contributed by atoms with Crippen LogP contribution in [-0.4, -0.2) is 11.7 Å². The van der Waals surface area contributed by atoms with E-state index in [4.69, 9.17) is 10.6 Å². The summed E-state index contributed by atoms with van der Waals surface area (Å²) in [6.07, 6.45) is 0. The monoisotopic (exact) mass is 269 g/mol. The van der Waals surface area contributed by atoms with Crippen LogP contribution >= 0.6 is 15.9 Å². The molecule has 0 aliphatic heterocycles. The van der Waals surface area contributed by atoms with E-state index >= 15 is 0 Å². The lowest BCUT2D eigenvalue weighted by atomic mass is 10.0. The normalized spacial score (nSPS) is 12.0. The molecule has 0 saturated carbocycles. The second-order valence-corrected chi connectivity index (χ2v) is 4.16. The molecule has 1 unspecified atom stereocenters. The number of nitrogens with zero attached hydrogens (tertiary/aromatic N) is 3. The fraction of sp³-hybridized carbons (Fsp3) is 0.400. The van der Waals surface area contributed by atoms with E-state index in [2.05, 4.69) is 26.0 Å². The summed E-state index contributed by atoms with van der Waals surface area (Å²) in [6, 6.07) is 3.32. The molecule has 5 heteroatoms. The molecule has 0 fully saturated rings. The number of rotatable bonds is 3. The van der Waals surface area contributed by atoms with Crippen LogP contribution in [0.5, 0.6) is 0 Å². The van der Waals surface area contributed by atoms with E-state index in [1.165, 1.54) is 0 Å². The standard InChI is InChI=1S/C10H12BrN3O/c1-6-3-8(4-7(2)10(6)11)9(5-15)13-14-12/h3-4,9,15H,5H2,1-2H3. The maximum Gasteiger partial charge on any atom is 0.0856 e. The molecule has 80 valence electrons. The Kier molecular flexibility index (Phi) is 4.15. The van der Waals surface area contributed by atoms with Gasteiger partial charge in [0.25, 0.3) is 0 Å². The molecular formula is C10H12BrN3O. The summed E-state index contributed by atoms with van der Waals surface area (Å²) in [5, 5.41) is 12.6. The van der Waals surface area contributed by atoms with Crippen LogP contribution < -0.4 is 0 Å². The summed E-state index contributed by atoms with van der Waals surface area (Å²) in [6.45, 7) is 3.75. The van der Waals surface area contributed by atoms with E-state index in [1.54, 1.807) is 0 Å². The van der Waals surface area contributed by atoms with Crippen molar-refractivity contribution in [1.29, 1.82) is 0 Å². The van der Waals surface area contributed by atoms with Gasteiger partial charge in [-0.15, -0.1) is 0 Å². The van der Waals surface area contributed by atoms with Gasteiger partial charge in [-0.05, 0) is 36.1 Å². The Morgan fingerprint density at radius 2 is 2.00 bits per heavy atom. The SMILES string of the molecule is Cc1cc(C(CO)N=[N+]=[N-])cc(C)c1Br. The van der Waals surface area contributed by atoms with Crippen LogP contribution in [0.3, 0.4) is 0 Å². The Morgan fingerprint density at radius 1 is 1.47 bits per heavy atom. The molecular weight excluding hydrogens is 258 g/mol. The van der Waals surface area contributed by atoms with Crippen LogP contribution in [-0.2, 0) is 0 Å². The molecule has 0 saturated heterocycles. The third-order valence-electron chi connectivity index (χ3n) is 2.21. The van der Waals surface area contributed by atoms with Crippen LogP contribution in [0.15, 0.2) is 21.7 Å². The van der Waals surface area contributed by atoms with Crippen molar-refractivity contribution in [2.75, 3.05) is 6.61 Å². The highest BCUT2D eigenvalue weighted by Crippen LogP contribution is 2.27. The Bertz CT molecular complexity index is 390. The average Bonchev–Trinajstić information content (AvgIpc) is 2.22. The van der Waals surface area contributed by atoms with Crippen LogP contribution in [0.2, 0.25) is 0 Å². The van der Waals surface area contributed by atoms with Crippen molar-refractivity contribution in [2.24, 2.45) is 5.11 Å². The molecule has 0 aromatic heterocycles. The molecule has 0 bridgehead atoms. The Labute approximate surface area is 96.7 Å². The first-order chi connectivity index (χ1) is 7.10. The molecule has 1 aromatic rings. The van der Waals surface area contributed by atoms with Gasteiger partial charge in [-0.25, -0.2) is 0 Å². The highest BCUT2D eigenvalue weighted by atomic mass is 79.9. The maximum absolute atomic E-state index is 9.09. The second kappa shape index (κ2) is 5.16. The van der Waals surface area contributed by atoms with E-state index in [1.807, 2.05) is 26.0 Å². The molecule has 1 N–H and O–H groups in total. The van der Waals surface area contributed by atoms with Crippen LogP contribution in [0.1, 0.15) is 22.7 Å². The molecule has 4 nitrogen and oxygen atoms in total. The van der Waals surface area contributed by atoms with Gasteiger partial charge in [0.15, 0.2) is 0 Å². The van der Waals surface area contributed by atoms with Gasteiger partial charge in [0.2, 0.25) is 0 Å². The summed E-state index contributed by atoms with van der Waals surface area (Å²) in [5.74, 6) is 0. The van der Waals surface area contributed by atoms with Crippen LogP contribution in [0, 0.1) is 13.8 Å². The van der Waals surface area contributed by atoms with E-state index < -0.39 is 6.04 Å². The molecule has 0 spiro atoms. The van der Waals surface area contributed by atoms with Gasteiger partial charge in [0, 0.05) is 9.38 Å². The van der Waals surface area contributed by atoms with Gasteiger partial charge in [-0.2, -0.15) is 0 Å². The van der Waals surface area contributed by atoms with Gasteiger partial charge in [0.1, 0.15) is 0 Å². The van der Waals surface area contributed by atoms with Gasteiger partial charge in [-0.1, -0.05) is 33.2 Å². The first-order valence-electron chi connectivity index (χ1n) is 4.52. The minimum atomic E-state index is -0.500. The molecule has 0 radical (unpaired) electrons. The predicted octanol–water partition coefficient (Wildman–Crippen LogP) is 3.41. The van der Waals surface area contributed by atoms with Gasteiger partial charge in [0.05, 0.1) is 12.6 Å². The maximum atomic E-state index is 9.09. The Morgan fingerprint density at radius 3 is 2.40 bits per heavy atom. The molecule has 0 aliphatic carbocycles. The van der Waals surface area contributed by atoms with Crippen molar-refractivity contribution in [2.45, 2.75) is 19.9 Å². The smallest absolute Gasteiger partial charge is 0.0856 e. The van der Waals surface area contributed by atoms with Gasteiger partial charge < -0.3 is 5.11 Å². The van der Waals surface area contributed by atoms with E-state index in [-0.39, 0.29) is 6.61 Å². The van der Waals surface area contributed by atoms with Crippen molar-refractivity contribution in [3.8, 4) is 0 Å². The van der Waals surface area contributed by atoms with E-state index in [9.17, 15) is 0 Å². The van der Waals surface area contributed by atoms with Gasteiger partial charge >= 0.3 is 0 Å². The molecule has 15 heavy (non-hydrogen) atoms. The zero-order valence-electron chi connectivity index (χ0n) is 8.61. The van der Waals surface area contributed by atoms with Crippen molar-refractivity contribution >= 4 is 15.9 Å². The van der Waals surface area contributed by atoms with Gasteiger partial charge in [-0.3, -0.25) is 0 Å². The molecule has 0 heterocycles. The summed E-state index contributed by atoms with van der Waals surface area (Å²) < 4.78 is 1.05. The average molecular weight is 270 g/mol. The molecule has 0 amide bonds. The first kappa shape index (κ1) is 12.0. The number of azide groups is 1. The molecule has 1 aromatic carbocycles. The highest BCUT2D eigenvalue weighted by molar-refractivity contribution is 9.10. The minimum Gasteiger partial charge on any atom is -0.396 e.